The van der Waals surface area contributed by atoms with E-state index in [1.165, 1.54) is 17.7 Å². The average molecular weight is 396 g/mol. The Kier molecular flexibility index (Phi) is 9.24. The van der Waals surface area contributed by atoms with Crippen LogP contribution in [-0.2, 0) is 11.3 Å². The Morgan fingerprint density at radius 2 is 1.69 bits per heavy atom. The van der Waals surface area contributed by atoms with E-state index in [-0.39, 0.29) is 10.3 Å². The summed E-state index contributed by atoms with van der Waals surface area (Å²) in [4.78, 5) is 15.5. The second-order valence-electron chi connectivity index (χ2n) is 5.84. The van der Waals surface area contributed by atoms with Crippen molar-refractivity contribution in [2.75, 3.05) is 18.5 Å². The normalized spacial score (nSPS) is 10.5. The van der Waals surface area contributed by atoms with E-state index in [1.54, 1.807) is 0 Å². The summed E-state index contributed by atoms with van der Waals surface area (Å²) in [5.74, 6) is 0. The molecule has 0 spiro atoms. The molecule has 0 unspecified atom stereocenters. The van der Waals surface area contributed by atoms with Crippen LogP contribution in [0.2, 0.25) is 10.3 Å². The third kappa shape index (κ3) is 8.52. The maximum absolute atomic E-state index is 11.7. The van der Waals surface area contributed by atoms with E-state index in [2.05, 4.69) is 27.8 Å². The first-order chi connectivity index (χ1) is 12.6. The Balaban J connectivity index is 1.46. The van der Waals surface area contributed by atoms with E-state index in [1.807, 2.05) is 18.2 Å². The van der Waals surface area contributed by atoms with Gasteiger partial charge in [-0.1, -0.05) is 66.4 Å². The van der Waals surface area contributed by atoms with Gasteiger partial charge in [-0.05, 0) is 37.1 Å². The van der Waals surface area contributed by atoms with Crippen molar-refractivity contribution >= 4 is 35.0 Å². The lowest BCUT2D eigenvalue weighted by Crippen LogP contribution is -2.15. The van der Waals surface area contributed by atoms with Gasteiger partial charge in [-0.2, -0.15) is 0 Å². The van der Waals surface area contributed by atoms with Crippen molar-refractivity contribution in [3.05, 3.63) is 58.3 Å². The monoisotopic (exact) mass is 395 g/mol. The number of hydrogen-bond acceptors (Lipinski definition) is 4. The summed E-state index contributed by atoms with van der Waals surface area (Å²) in [7, 11) is 0. The van der Waals surface area contributed by atoms with Crippen LogP contribution in [0.4, 0.5) is 10.5 Å². The van der Waals surface area contributed by atoms with Crippen molar-refractivity contribution < 1.29 is 9.53 Å². The number of amides is 1. The number of nitrogens with zero attached hydrogens (tertiary/aromatic N) is 1. The number of benzene rings is 1. The summed E-state index contributed by atoms with van der Waals surface area (Å²) >= 11 is 11.5. The molecule has 0 fully saturated rings. The van der Waals surface area contributed by atoms with E-state index >= 15 is 0 Å². The number of ether oxygens (including phenoxy) is 1. The summed E-state index contributed by atoms with van der Waals surface area (Å²) in [6, 6.07) is 13.4. The molecule has 0 aliphatic carbocycles. The van der Waals surface area contributed by atoms with Crippen LogP contribution in [0.25, 0.3) is 0 Å². The molecular weight excluding hydrogens is 373 g/mol. The summed E-state index contributed by atoms with van der Waals surface area (Å²) in [5.41, 5.74) is 1.76. The van der Waals surface area contributed by atoms with E-state index in [4.69, 9.17) is 27.9 Å². The van der Waals surface area contributed by atoms with Crippen molar-refractivity contribution in [2.45, 2.75) is 32.2 Å². The number of unbranched alkanes of at least 4 members (excludes halogenated alkanes) is 3. The highest BCUT2D eigenvalue weighted by Crippen LogP contribution is 2.18. The molecule has 1 heterocycles. The van der Waals surface area contributed by atoms with Crippen LogP contribution >= 0.6 is 23.2 Å². The minimum atomic E-state index is -0.520. The second kappa shape index (κ2) is 11.7. The first-order valence-corrected chi connectivity index (χ1v) is 9.40. The number of halogens is 2. The number of pyridine rings is 1. The zero-order valence-corrected chi connectivity index (χ0v) is 16.0. The molecular formula is C19H23Cl2N3O2. The Labute approximate surface area is 164 Å². The molecule has 2 rings (SSSR count). The highest BCUT2D eigenvalue weighted by molar-refractivity contribution is 6.32. The number of hydrogen-bond donors (Lipinski definition) is 2. The molecule has 0 aliphatic heterocycles. The van der Waals surface area contributed by atoms with Crippen molar-refractivity contribution in [1.82, 2.24) is 10.3 Å². The predicted molar refractivity (Wildman–Crippen MR) is 106 cm³/mol. The van der Waals surface area contributed by atoms with Gasteiger partial charge in [-0.15, -0.1) is 0 Å². The number of carbonyl (C=O) groups excluding carboxylic acids is 1. The highest BCUT2D eigenvalue weighted by atomic mass is 35.5. The van der Waals surface area contributed by atoms with Gasteiger partial charge in [0.05, 0.1) is 12.3 Å². The van der Waals surface area contributed by atoms with Crippen molar-refractivity contribution in [2.24, 2.45) is 0 Å². The molecule has 0 saturated carbocycles. The zero-order valence-electron chi connectivity index (χ0n) is 14.5. The minimum absolute atomic E-state index is 0.216. The van der Waals surface area contributed by atoms with Crippen molar-refractivity contribution in [3.63, 3.8) is 0 Å². The number of aromatic nitrogens is 1. The van der Waals surface area contributed by atoms with Crippen molar-refractivity contribution in [1.29, 1.82) is 0 Å². The molecule has 0 bridgehead atoms. The van der Waals surface area contributed by atoms with Crippen LogP contribution in [0.1, 0.15) is 31.2 Å². The van der Waals surface area contributed by atoms with Gasteiger partial charge in [-0.25, -0.2) is 9.78 Å². The smallest absolute Gasteiger partial charge is 0.411 e. The molecule has 2 aromatic rings. The van der Waals surface area contributed by atoms with Crippen molar-refractivity contribution in [3.8, 4) is 0 Å². The number of rotatable bonds is 10. The molecule has 0 saturated heterocycles. The molecule has 1 amide bonds. The Morgan fingerprint density at radius 3 is 2.42 bits per heavy atom. The van der Waals surface area contributed by atoms with Gasteiger partial charge in [0.25, 0.3) is 0 Å². The van der Waals surface area contributed by atoms with E-state index in [9.17, 15) is 4.79 Å². The van der Waals surface area contributed by atoms with Crippen LogP contribution in [0.5, 0.6) is 0 Å². The predicted octanol–water partition coefficient (Wildman–Crippen LogP) is 5.29. The third-order valence-corrected chi connectivity index (χ3v) is 4.05. The third-order valence-electron chi connectivity index (χ3n) is 3.66. The molecule has 2 N–H and O–H groups in total. The number of anilines is 1. The highest BCUT2D eigenvalue weighted by Gasteiger charge is 2.05. The van der Waals surface area contributed by atoms with Gasteiger partial charge in [-0.3, -0.25) is 5.32 Å². The van der Waals surface area contributed by atoms with Gasteiger partial charge < -0.3 is 10.1 Å². The Morgan fingerprint density at radius 1 is 1.00 bits per heavy atom. The lowest BCUT2D eigenvalue weighted by Gasteiger charge is -2.08. The van der Waals surface area contributed by atoms with Crippen LogP contribution < -0.4 is 10.6 Å². The molecule has 7 heteroatoms. The largest absolute Gasteiger partial charge is 0.449 e. The summed E-state index contributed by atoms with van der Waals surface area (Å²) in [6.45, 7) is 2.27. The molecule has 1 aromatic carbocycles. The summed E-state index contributed by atoms with van der Waals surface area (Å²) in [6.07, 6.45) is 3.54. The number of carbonyl (C=O) groups is 1. The van der Waals surface area contributed by atoms with Gasteiger partial charge >= 0.3 is 6.09 Å². The van der Waals surface area contributed by atoms with E-state index < -0.39 is 6.09 Å². The van der Waals surface area contributed by atoms with Gasteiger partial charge in [0.2, 0.25) is 0 Å². The van der Waals surface area contributed by atoms with Crippen LogP contribution in [-0.4, -0.2) is 24.2 Å². The lowest BCUT2D eigenvalue weighted by molar-refractivity contribution is 0.159. The number of nitrogens with one attached hydrogen (secondary N) is 2. The molecule has 0 aliphatic rings. The van der Waals surface area contributed by atoms with Crippen LogP contribution in [0, 0.1) is 0 Å². The second-order valence-corrected chi connectivity index (χ2v) is 6.61. The molecule has 140 valence electrons. The van der Waals surface area contributed by atoms with E-state index in [0.29, 0.717) is 12.3 Å². The molecule has 0 radical (unpaired) electrons. The molecule has 1 aromatic heterocycles. The van der Waals surface area contributed by atoms with E-state index in [0.717, 1.165) is 38.8 Å². The van der Waals surface area contributed by atoms with Crippen LogP contribution in [0.15, 0.2) is 42.5 Å². The molecule has 0 atom stereocenters. The topological polar surface area (TPSA) is 63.2 Å². The maximum Gasteiger partial charge on any atom is 0.411 e. The fraction of sp³-hybridized carbons (Fsp3) is 0.368. The standard InChI is InChI=1S/C19H23Cl2N3O2/c20-17-12-16(13-18(21)24-17)23-19(25)26-11-7-2-1-6-10-22-14-15-8-4-3-5-9-15/h3-5,8-9,12-13,22H,1-2,6-7,10-11,14H2,(H,23,24,25). The lowest BCUT2D eigenvalue weighted by atomic mass is 10.2. The zero-order chi connectivity index (χ0) is 18.6. The van der Waals surface area contributed by atoms with Crippen LogP contribution in [0.3, 0.4) is 0 Å². The Bertz CT molecular complexity index is 663. The molecule has 5 nitrogen and oxygen atoms in total. The summed E-state index contributed by atoms with van der Waals surface area (Å²) < 4.78 is 5.14. The molecule has 26 heavy (non-hydrogen) atoms. The quantitative estimate of drug-likeness (QED) is 0.423. The SMILES string of the molecule is O=C(Nc1cc(Cl)nc(Cl)c1)OCCCCCCNCc1ccccc1. The van der Waals surface area contributed by atoms with Gasteiger partial charge in [0.15, 0.2) is 0 Å². The first-order valence-electron chi connectivity index (χ1n) is 8.65. The summed E-state index contributed by atoms with van der Waals surface area (Å²) in [5, 5.41) is 6.44. The minimum Gasteiger partial charge on any atom is -0.449 e. The first kappa shape index (κ1) is 20.5. The average Bonchev–Trinajstić information content (AvgIpc) is 2.60. The van der Waals surface area contributed by atoms with Gasteiger partial charge in [0, 0.05) is 6.54 Å². The Hall–Kier alpha value is -1.82. The fourth-order valence-electron chi connectivity index (χ4n) is 2.39. The maximum atomic E-state index is 11.7. The fourth-order valence-corrected chi connectivity index (χ4v) is 2.85. The van der Waals surface area contributed by atoms with Gasteiger partial charge in [0.1, 0.15) is 10.3 Å².